The molecule has 1 aromatic carbocycles. The molecule has 0 saturated heterocycles. The number of benzene rings is 1. The van der Waals surface area contributed by atoms with Crippen LogP contribution in [-0.4, -0.2) is 21.3 Å². The largest absolute Gasteiger partial charge is 0.313 e. The summed E-state index contributed by atoms with van der Waals surface area (Å²) in [5, 5.41) is 7.48. The molecule has 0 bridgehead atoms. The molecule has 4 nitrogen and oxygen atoms in total. The number of hydrogen-bond acceptors (Lipinski definition) is 3. The van der Waals surface area contributed by atoms with E-state index in [9.17, 15) is 0 Å². The Morgan fingerprint density at radius 2 is 2.29 bits per heavy atom. The zero-order valence-electron chi connectivity index (χ0n) is 9.73. The summed E-state index contributed by atoms with van der Waals surface area (Å²) in [6.45, 7) is 4.08. The molecule has 0 unspecified atom stereocenters. The molecular weight excluding hydrogens is 280 g/mol. The minimum atomic E-state index is 0.881. The van der Waals surface area contributed by atoms with Crippen molar-refractivity contribution in [1.82, 2.24) is 20.1 Å². The van der Waals surface area contributed by atoms with Gasteiger partial charge in [0.15, 0.2) is 0 Å². The number of halogens is 1. The summed E-state index contributed by atoms with van der Waals surface area (Å²) < 4.78 is 2.84. The van der Waals surface area contributed by atoms with Gasteiger partial charge >= 0.3 is 0 Å². The molecule has 1 heterocycles. The normalized spacial score (nSPS) is 10.7. The average molecular weight is 295 g/mol. The van der Waals surface area contributed by atoms with Crippen molar-refractivity contribution in [2.75, 3.05) is 6.54 Å². The molecule has 0 atom stereocenters. The molecule has 2 aromatic rings. The molecule has 0 radical (unpaired) electrons. The van der Waals surface area contributed by atoms with Crippen LogP contribution in [0.1, 0.15) is 18.9 Å². The van der Waals surface area contributed by atoms with Crippen molar-refractivity contribution in [3.63, 3.8) is 0 Å². The van der Waals surface area contributed by atoms with Gasteiger partial charge in [0, 0.05) is 11.0 Å². The third kappa shape index (κ3) is 3.14. The van der Waals surface area contributed by atoms with Crippen LogP contribution in [0.3, 0.4) is 0 Å². The third-order valence-electron chi connectivity index (χ3n) is 2.46. The minimum Gasteiger partial charge on any atom is -0.313 e. The second-order valence-electron chi connectivity index (χ2n) is 3.79. The Hall–Kier alpha value is -1.20. The van der Waals surface area contributed by atoms with Crippen molar-refractivity contribution < 1.29 is 0 Å². The van der Waals surface area contributed by atoms with Gasteiger partial charge in [0.05, 0.1) is 5.69 Å². The third-order valence-corrected chi connectivity index (χ3v) is 3.20. The first kappa shape index (κ1) is 12.3. The molecule has 0 aliphatic rings. The van der Waals surface area contributed by atoms with E-state index in [2.05, 4.69) is 50.4 Å². The van der Waals surface area contributed by atoms with Crippen molar-refractivity contribution in [1.29, 1.82) is 0 Å². The molecule has 17 heavy (non-hydrogen) atoms. The zero-order valence-corrected chi connectivity index (χ0v) is 11.3. The highest BCUT2D eigenvalue weighted by Gasteiger charge is 2.03. The first-order chi connectivity index (χ1) is 8.31. The van der Waals surface area contributed by atoms with Gasteiger partial charge < -0.3 is 5.32 Å². The fraction of sp³-hybridized carbons (Fsp3) is 0.333. The average Bonchev–Trinajstić information content (AvgIpc) is 2.85. The zero-order chi connectivity index (χ0) is 12.1. The number of nitrogens with zero attached hydrogens (tertiary/aromatic N) is 3. The summed E-state index contributed by atoms with van der Waals surface area (Å²) in [5.41, 5.74) is 2.26. The summed E-state index contributed by atoms with van der Waals surface area (Å²) in [6, 6.07) is 6.20. The van der Waals surface area contributed by atoms with Crippen molar-refractivity contribution >= 4 is 15.9 Å². The van der Waals surface area contributed by atoms with Crippen molar-refractivity contribution in [2.45, 2.75) is 19.9 Å². The number of nitrogens with one attached hydrogen (secondary N) is 1. The van der Waals surface area contributed by atoms with E-state index in [4.69, 9.17) is 0 Å². The summed E-state index contributed by atoms with van der Waals surface area (Å²) >= 11 is 3.58. The van der Waals surface area contributed by atoms with E-state index in [-0.39, 0.29) is 0 Å². The topological polar surface area (TPSA) is 42.7 Å². The maximum Gasteiger partial charge on any atom is 0.138 e. The Morgan fingerprint density at radius 3 is 2.94 bits per heavy atom. The lowest BCUT2D eigenvalue weighted by Gasteiger charge is -2.08. The van der Waals surface area contributed by atoms with Crippen LogP contribution in [0.4, 0.5) is 0 Å². The summed E-state index contributed by atoms with van der Waals surface area (Å²) in [4.78, 5) is 3.94. The second kappa shape index (κ2) is 5.93. The van der Waals surface area contributed by atoms with Crippen LogP contribution in [0.15, 0.2) is 35.3 Å². The van der Waals surface area contributed by atoms with Gasteiger partial charge in [-0.05, 0) is 30.7 Å². The molecule has 5 heteroatoms. The molecule has 0 amide bonds. The molecule has 1 N–H and O–H groups in total. The Morgan fingerprint density at radius 1 is 1.41 bits per heavy atom. The summed E-state index contributed by atoms with van der Waals surface area (Å²) in [6.07, 6.45) is 4.37. The number of aromatic nitrogens is 3. The number of hydrogen-bond donors (Lipinski definition) is 1. The van der Waals surface area contributed by atoms with Crippen LogP contribution in [0, 0.1) is 0 Å². The lowest BCUT2D eigenvalue weighted by molar-refractivity contribution is 0.673. The fourth-order valence-electron chi connectivity index (χ4n) is 1.56. The van der Waals surface area contributed by atoms with Gasteiger partial charge in [0.25, 0.3) is 0 Å². The summed E-state index contributed by atoms with van der Waals surface area (Å²) in [5.74, 6) is 0. The van der Waals surface area contributed by atoms with Crippen LogP contribution >= 0.6 is 15.9 Å². The Labute approximate surface area is 109 Å². The second-order valence-corrected chi connectivity index (χ2v) is 4.65. The van der Waals surface area contributed by atoms with E-state index in [1.54, 1.807) is 11.0 Å². The lowest BCUT2D eigenvalue weighted by atomic mass is 10.2. The predicted molar refractivity (Wildman–Crippen MR) is 71.1 cm³/mol. The molecule has 0 fully saturated rings. The molecule has 90 valence electrons. The highest BCUT2D eigenvalue weighted by atomic mass is 79.9. The van der Waals surface area contributed by atoms with Crippen molar-refractivity contribution in [3.8, 4) is 5.69 Å². The minimum absolute atomic E-state index is 0.881. The molecule has 1 aromatic heterocycles. The van der Waals surface area contributed by atoms with E-state index in [1.165, 1.54) is 11.9 Å². The maximum atomic E-state index is 4.10. The lowest BCUT2D eigenvalue weighted by Crippen LogP contribution is -2.14. The Balaban J connectivity index is 2.12. The number of rotatable bonds is 5. The maximum absolute atomic E-state index is 4.10. The Bertz CT molecular complexity index is 467. The van der Waals surface area contributed by atoms with E-state index in [1.807, 2.05) is 6.07 Å². The monoisotopic (exact) mass is 294 g/mol. The van der Waals surface area contributed by atoms with Gasteiger partial charge in [-0.2, -0.15) is 5.10 Å². The first-order valence-corrected chi connectivity index (χ1v) is 6.44. The SMILES string of the molecule is CCCNCc1ccc(-n2cncn2)cc1Br. The van der Waals surface area contributed by atoms with Gasteiger partial charge in [-0.3, -0.25) is 0 Å². The van der Waals surface area contributed by atoms with Gasteiger partial charge in [0.1, 0.15) is 12.7 Å². The van der Waals surface area contributed by atoms with Gasteiger partial charge in [-0.1, -0.05) is 28.9 Å². The smallest absolute Gasteiger partial charge is 0.138 e. The molecule has 0 aliphatic carbocycles. The van der Waals surface area contributed by atoms with E-state index >= 15 is 0 Å². The fourth-order valence-corrected chi connectivity index (χ4v) is 2.07. The van der Waals surface area contributed by atoms with Gasteiger partial charge in [-0.15, -0.1) is 0 Å². The highest BCUT2D eigenvalue weighted by Crippen LogP contribution is 2.20. The van der Waals surface area contributed by atoms with E-state index < -0.39 is 0 Å². The van der Waals surface area contributed by atoms with Crippen LogP contribution in [0.5, 0.6) is 0 Å². The Kier molecular flexibility index (Phi) is 4.28. The van der Waals surface area contributed by atoms with Crippen molar-refractivity contribution in [2.24, 2.45) is 0 Å². The van der Waals surface area contributed by atoms with E-state index in [0.717, 1.165) is 29.7 Å². The van der Waals surface area contributed by atoms with Crippen LogP contribution < -0.4 is 5.32 Å². The molecular formula is C12H15BrN4. The van der Waals surface area contributed by atoms with Crippen molar-refractivity contribution in [3.05, 3.63) is 40.9 Å². The van der Waals surface area contributed by atoms with Crippen LogP contribution in [0.2, 0.25) is 0 Å². The molecule has 0 saturated carbocycles. The summed E-state index contributed by atoms with van der Waals surface area (Å²) in [7, 11) is 0. The van der Waals surface area contributed by atoms with Gasteiger partial charge in [-0.25, -0.2) is 9.67 Å². The van der Waals surface area contributed by atoms with Crippen LogP contribution in [0.25, 0.3) is 5.69 Å². The molecule has 2 rings (SSSR count). The molecule has 0 spiro atoms. The molecule has 0 aliphatic heterocycles. The van der Waals surface area contributed by atoms with E-state index in [0.29, 0.717) is 0 Å². The first-order valence-electron chi connectivity index (χ1n) is 5.65. The van der Waals surface area contributed by atoms with Gasteiger partial charge in [0.2, 0.25) is 0 Å². The quantitative estimate of drug-likeness (QED) is 0.862. The van der Waals surface area contributed by atoms with Crippen LogP contribution in [-0.2, 0) is 6.54 Å². The predicted octanol–water partition coefficient (Wildman–Crippen LogP) is 2.53. The highest BCUT2D eigenvalue weighted by molar-refractivity contribution is 9.10. The standard InChI is InChI=1S/C12H15BrN4/c1-2-5-14-7-10-3-4-11(6-12(10)13)17-9-15-8-16-17/h3-4,6,8-9,14H,2,5,7H2,1H3.